The zero-order valence-electron chi connectivity index (χ0n) is 8.51. The largest absolute Gasteiger partial charge is 0.403 e. The summed E-state index contributed by atoms with van der Waals surface area (Å²) in [4.78, 5) is 3.89. The van der Waals surface area contributed by atoms with Crippen LogP contribution in [0.4, 0.5) is 17.6 Å². The van der Waals surface area contributed by atoms with Gasteiger partial charge in [0.25, 0.3) is 11.9 Å². The number of nitrogens with two attached hydrogens (primary N) is 1. The first-order chi connectivity index (χ1) is 7.65. The zero-order chi connectivity index (χ0) is 11.5. The van der Waals surface area contributed by atoms with Crippen LogP contribution in [-0.2, 0) is 0 Å². The van der Waals surface area contributed by atoms with Crippen LogP contribution < -0.4 is 5.73 Å². The van der Waals surface area contributed by atoms with Gasteiger partial charge in [-0.15, -0.1) is 10.2 Å². The van der Waals surface area contributed by atoms with Gasteiger partial charge < -0.3 is 10.2 Å². The summed E-state index contributed by atoms with van der Waals surface area (Å²) in [5, 5.41) is 7.93. The number of hydrogen-bond donors (Lipinski definition) is 1. The van der Waals surface area contributed by atoms with Crippen LogP contribution >= 0.6 is 15.9 Å². The molecule has 0 spiro atoms. The molecule has 0 aliphatic rings. The second-order valence-corrected chi connectivity index (χ2v) is 4.03. The summed E-state index contributed by atoms with van der Waals surface area (Å²) in [7, 11) is 0. The Kier molecular flexibility index (Phi) is 3.00. The molecule has 16 heavy (non-hydrogen) atoms. The van der Waals surface area contributed by atoms with Crippen LogP contribution in [0.1, 0.15) is 5.69 Å². The fraction of sp³-hybridized carbons (Fsp3) is 0.100. The summed E-state index contributed by atoms with van der Waals surface area (Å²) in [6, 6.07) is 7.54. The van der Waals surface area contributed by atoms with E-state index in [0.29, 0.717) is 11.6 Å². The number of halogens is 1. The van der Waals surface area contributed by atoms with E-state index in [2.05, 4.69) is 31.1 Å². The molecule has 1 aromatic heterocycles. The highest BCUT2D eigenvalue weighted by Gasteiger charge is 2.05. The molecule has 5 nitrogen and oxygen atoms in total. The molecule has 0 radical (unpaired) electrons. The lowest BCUT2D eigenvalue weighted by Gasteiger charge is -1.91. The SMILES string of the molecule is Cc1nc(N)oc1N=Nc1ccc(Br)cc1. The summed E-state index contributed by atoms with van der Waals surface area (Å²) in [5.41, 5.74) is 6.74. The van der Waals surface area contributed by atoms with Crippen molar-refractivity contribution in [1.29, 1.82) is 0 Å². The third kappa shape index (κ3) is 2.46. The van der Waals surface area contributed by atoms with Gasteiger partial charge in [0.1, 0.15) is 5.69 Å². The molecule has 2 rings (SSSR count). The van der Waals surface area contributed by atoms with Gasteiger partial charge >= 0.3 is 0 Å². The zero-order valence-corrected chi connectivity index (χ0v) is 10.1. The minimum absolute atomic E-state index is 0.0993. The van der Waals surface area contributed by atoms with Crippen LogP contribution in [0.15, 0.2) is 43.4 Å². The highest BCUT2D eigenvalue weighted by atomic mass is 79.9. The molecule has 2 aromatic rings. The molecule has 0 saturated heterocycles. The molecule has 0 saturated carbocycles. The monoisotopic (exact) mass is 280 g/mol. The molecule has 82 valence electrons. The highest BCUT2D eigenvalue weighted by Crippen LogP contribution is 2.24. The van der Waals surface area contributed by atoms with Gasteiger partial charge in [-0.1, -0.05) is 15.9 Å². The lowest BCUT2D eigenvalue weighted by molar-refractivity contribution is 0.584. The van der Waals surface area contributed by atoms with Gasteiger partial charge in [-0.3, -0.25) is 0 Å². The number of oxazole rings is 1. The van der Waals surface area contributed by atoms with E-state index in [9.17, 15) is 0 Å². The highest BCUT2D eigenvalue weighted by molar-refractivity contribution is 9.10. The van der Waals surface area contributed by atoms with Crippen LogP contribution in [-0.4, -0.2) is 4.98 Å². The van der Waals surface area contributed by atoms with Crippen molar-refractivity contribution in [3.05, 3.63) is 34.4 Å². The summed E-state index contributed by atoms with van der Waals surface area (Å²) in [6.45, 7) is 1.76. The maximum Gasteiger partial charge on any atom is 0.294 e. The molecule has 0 bridgehead atoms. The lowest BCUT2D eigenvalue weighted by Crippen LogP contribution is -1.81. The maximum absolute atomic E-state index is 5.38. The Bertz CT molecular complexity index is 518. The Morgan fingerprint density at radius 3 is 2.50 bits per heavy atom. The molecule has 0 aliphatic heterocycles. The minimum Gasteiger partial charge on any atom is -0.403 e. The number of aryl methyl sites for hydroxylation is 1. The smallest absolute Gasteiger partial charge is 0.294 e. The number of rotatable bonds is 2. The summed E-state index contributed by atoms with van der Waals surface area (Å²) >= 11 is 3.34. The van der Waals surface area contributed by atoms with Gasteiger partial charge in [0.05, 0.1) is 5.69 Å². The Morgan fingerprint density at radius 1 is 1.25 bits per heavy atom. The first kappa shape index (κ1) is 10.8. The molecule has 0 amide bonds. The number of aromatic nitrogens is 1. The van der Waals surface area contributed by atoms with Crippen molar-refractivity contribution in [2.45, 2.75) is 6.92 Å². The Balaban J connectivity index is 2.21. The van der Waals surface area contributed by atoms with Crippen molar-refractivity contribution in [2.24, 2.45) is 10.2 Å². The summed E-state index contributed by atoms with van der Waals surface area (Å²) < 4.78 is 6.05. The second kappa shape index (κ2) is 4.44. The van der Waals surface area contributed by atoms with Crippen molar-refractivity contribution < 1.29 is 4.42 Å². The molecule has 0 aliphatic carbocycles. The predicted octanol–water partition coefficient (Wildman–Crippen LogP) is 3.74. The molecular formula is C10H9BrN4O. The number of hydrogen-bond acceptors (Lipinski definition) is 5. The van der Waals surface area contributed by atoms with Gasteiger partial charge in [-0.2, -0.15) is 4.98 Å². The standard InChI is InChI=1S/C10H9BrN4O/c1-6-9(16-10(12)13-6)15-14-8-4-2-7(11)3-5-8/h2-5H,1H3,(H2,12,13). The molecule has 6 heteroatoms. The molecule has 1 heterocycles. The van der Waals surface area contributed by atoms with Crippen LogP contribution in [0.5, 0.6) is 0 Å². The topological polar surface area (TPSA) is 76.8 Å². The Labute approximate surface area is 101 Å². The van der Waals surface area contributed by atoms with Gasteiger partial charge in [-0.25, -0.2) is 0 Å². The van der Waals surface area contributed by atoms with Crippen LogP contribution in [0.2, 0.25) is 0 Å². The van der Waals surface area contributed by atoms with Crippen molar-refractivity contribution in [3.63, 3.8) is 0 Å². The molecular weight excluding hydrogens is 272 g/mol. The Morgan fingerprint density at radius 2 is 1.94 bits per heavy atom. The van der Waals surface area contributed by atoms with E-state index in [0.717, 1.165) is 10.2 Å². The van der Waals surface area contributed by atoms with Gasteiger partial charge in [0.15, 0.2) is 0 Å². The number of benzene rings is 1. The Hall–Kier alpha value is -1.69. The van der Waals surface area contributed by atoms with Crippen molar-refractivity contribution in [3.8, 4) is 0 Å². The number of nitrogen functional groups attached to an aromatic ring is 1. The second-order valence-electron chi connectivity index (χ2n) is 3.12. The number of anilines is 1. The predicted molar refractivity (Wildman–Crippen MR) is 64.0 cm³/mol. The molecule has 0 fully saturated rings. The van der Waals surface area contributed by atoms with E-state index in [1.54, 1.807) is 6.92 Å². The number of azo groups is 1. The van der Waals surface area contributed by atoms with Crippen LogP contribution in [0.25, 0.3) is 0 Å². The number of nitrogens with zero attached hydrogens (tertiary/aromatic N) is 3. The van der Waals surface area contributed by atoms with E-state index in [-0.39, 0.29) is 6.01 Å². The van der Waals surface area contributed by atoms with E-state index in [1.165, 1.54) is 0 Å². The minimum atomic E-state index is 0.0993. The molecule has 2 N–H and O–H groups in total. The summed E-state index contributed by atoms with van der Waals surface area (Å²) in [6.07, 6.45) is 0. The molecule has 0 unspecified atom stereocenters. The van der Waals surface area contributed by atoms with E-state index in [1.807, 2.05) is 24.3 Å². The molecule has 0 atom stereocenters. The van der Waals surface area contributed by atoms with Gasteiger partial charge in [0, 0.05) is 4.47 Å². The van der Waals surface area contributed by atoms with E-state index < -0.39 is 0 Å². The maximum atomic E-state index is 5.38. The van der Waals surface area contributed by atoms with Crippen molar-refractivity contribution in [2.75, 3.05) is 5.73 Å². The lowest BCUT2D eigenvalue weighted by atomic mass is 10.3. The van der Waals surface area contributed by atoms with Gasteiger partial charge in [-0.05, 0) is 31.2 Å². The molecule has 1 aromatic carbocycles. The normalized spacial score (nSPS) is 11.1. The third-order valence-electron chi connectivity index (χ3n) is 1.87. The van der Waals surface area contributed by atoms with Crippen LogP contribution in [0, 0.1) is 6.92 Å². The fourth-order valence-corrected chi connectivity index (χ4v) is 1.38. The first-order valence-corrected chi connectivity index (χ1v) is 5.34. The fourth-order valence-electron chi connectivity index (χ4n) is 1.11. The van der Waals surface area contributed by atoms with E-state index in [4.69, 9.17) is 10.2 Å². The third-order valence-corrected chi connectivity index (χ3v) is 2.40. The van der Waals surface area contributed by atoms with Crippen molar-refractivity contribution in [1.82, 2.24) is 4.98 Å². The van der Waals surface area contributed by atoms with Crippen LogP contribution in [0.3, 0.4) is 0 Å². The quantitative estimate of drug-likeness (QED) is 0.851. The van der Waals surface area contributed by atoms with E-state index >= 15 is 0 Å². The summed E-state index contributed by atoms with van der Waals surface area (Å²) in [5.74, 6) is 0.334. The van der Waals surface area contributed by atoms with Crippen molar-refractivity contribution >= 4 is 33.5 Å². The first-order valence-electron chi connectivity index (χ1n) is 4.55. The average Bonchev–Trinajstić information content (AvgIpc) is 2.57. The average molecular weight is 281 g/mol. The van der Waals surface area contributed by atoms with Gasteiger partial charge in [0.2, 0.25) is 0 Å².